The second kappa shape index (κ2) is 8.39. The maximum absolute atomic E-state index is 12.5. The number of ether oxygens (including phenoxy) is 1. The van der Waals surface area contributed by atoms with Gasteiger partial charge >= 0.3 is 14.8 Å². The SMILES string of the molecule is C=CCOC(=O)C(=C)[Si](O[Si](C)(C)C)(O[Si](C)(C)C)O[Si](C)(C)C. The van der Waals surface area contributed by atoms with Crippen molar-refractivity contribution in [1.82, 2.24) is 0 Å². The number of carbonyl (C=O) groups excluding carboxylic acids is 1. The van der Waals surface area contributed by atoms with Gasteiger partial charge in [0.25, 0.3) is 0 Å². The van der Waals surface area contributed by atoms with Gasteiger partial charge in [0.05, 0.1) is 5.20 Å². The van der Waals surface area contributed by atoms with E-state index in [0.29, 0.717) is 0 Å². The van der Waals surface area contributed by atoms with Crippen LogP contribution in [-0.2, 0) is 21.9 Å². The van der Waals surface area contributed by atoms with E-state index in [2.05, 4.69) is 72.1 Å². The molecule has 0 aromatic carbocycles. The fourth-order valence-corrected chi connectivity index (χ4v) is 14.9. The molecule has 0 aliphatic carbocycles. The van der Waals surface area contributed by atoms with Crippen molar-refractivity contribution in [2.75, 3.05) is 6.61 Å². The Kier molecular flexibility index (Phi) is 8.28. The maximum Gasteiger partial charge on any atom is 0.512 e. The molecule has 0 saturated heterocycles. The summed E-state index contributed by atoms with van der Waals surface area (Å²) in [5.74, 6) is -0.531. The Labute approximate surface area is 151 Å². The van der Waals surface area contributed by atoms with E-state index in [0.717, 1.165) is 0 Å². The Bertz CT molecular complexity index is 431. The minimum atomic E-state index is -3.44. The first-order chi connectivity index (χ1) is 10.5. The highest BCUT2D eigenvalue weighted by Gasteiger charge is 2.55. The van der Waals surface area contributed by atoms with Crippen LogP contribution in [0, 0.1) is 0 Å². The van der Waals surface area contributed by atoms with Gasteiger partial charge < -0.3 is 17.1 Å². The molecule has 24 heavy (non-hydrogen) atoms. The lowest BCUT2D eigenvalue weighted by Crippen LogP contribution is -2.62. The Morgan fingerprint density at radius 1 is 0.833 bits per heavy atom. The molecule has 140 valence electrons. The van der Waals surface area contributed by atoms with Crippen LogP contribution < -0.4 is 0 Å². The molecule has 0 N–H and O–H groups in total. The summed E-state index contributed by atoms with van der Waals surface area (Å²) in [6.45, 7) is 26.1. The fraction of sp³-hybridized carbons (Fsp3) is 0.667. The van der Waals surface area contributed by atoms with E-state index >= 15 is 0 Å². The highest BCUT2D eigenvalue weighted by molar-refractivity contribution is 6.94. The predicted molar refractivity (Wildman–Crippen MR) is 109 cm³/mol. The summed E-state index contributed by atoms with van der Waals surface area (Å²) in [6.07, 6.45) is 1.52. The quantitative estimate of drug-likeness (QED) is 0.234. The van der Waals surface area contributed by atoms with Crippen molar-refractivity contribution in [1.29, 1.82) is 0 Å². The first kappa shape index (κ1) is 23.7. The average molecular weight is 407 g/mol. The van der Waals surface area contributed by atoms with Crippen LogP contribution >= 0.6 is 0 Å². The molecule has 0 aromatic heterocycles. The summed E-state index contributed by atoms with van der Waals surface area (Å²) in [6, 6.07) is 0. The molecule has 0 rings (SSSR count). The van der Waals surface area contributed by atoms with Crippen LogP contribution in [0.15, 0.2) is 24.4 Å². The van der Waals surface area contributed by atoms with Crippen molar-refractivity contribution < 1.29 is 21.9 Å². The number of hydrogen-bond donors (Lipinski definition) is 0. The van der Waals surface area contributed by atoms with E-state index in [4.69, 9.17) is 17.1 Å². The molecule has 0 atom stereocenters. The standard InChI is InChI=1S/C15H34O5Si4/c1-12-13-17-15(16)14(2)24(18-21(3,4)5,19-22(6,7)8)20-23(9,10)11/h12H,1-2,13H2,3-11H3. The molecule has 0 saturated carbocycles. The van der Waals surface area contributed by atoms with Gasteiger partial charge in [-0.05, 0) is 58.9 Å². The summed E-state index contributed by atoms with van der Waals surface area (Å²) in [7, 11) is -9.63. The highest BCUT2D eigenvalue weighted by Crippen LogP contribution is 2.31. The lowest BCUT2D eigenvalue weighted by Gasteiger charge is -2.42. The zero-order valence-corrected chi connectivity index (χ0v) is 20.7. The first-order valence-corrected chi connectivity index (χ1v) is 20.0. The number of esters is 1. The lowest BCUT2D eigenvalue weighted by molar-refractivity contribution is -0.137. The second-order valence-electron chi connectivity index (χ2n) is 8.57. The smallest absolute Gasteiger partial charge is 0.458 e. The molecule has 9 heteroatoms. The number of carbonyl (C=O) groups is 1. The summed E-state index contributed by atoms with van der Waals surface area (Å²) < 4.78 is 24.4. The van der Waals surface area contributed by atoms with Crippen molar-refractivity contribution in [3.8, 4) is 0 Å². The van der Waals surface area contributed by atoms with Crippen molar-refractivity contribution in [3.05, 3.63) is 24.4 Å². The van der Waals surface area contributed by atoms with Gasteiger partial charge in [-0.25, -0.2) is 4.79 Å². The van der Waals surface area contributed by atoms with E-state index in [1.165, 1.54) is 6.08 Å². The summed E-state index contributed by atoms with van der Waals surface area (Å²) in [5.41, 5.74) is 0. The monoisotopic (exact) mass is 406 g/mol. The molecule has 0 bridgehead atoms. The second-order valence-corrected chi connectivity index (χ2v) is 25.4. The number of rotatable bonds is 10. The van der Waals surface area contributed by atoms with Gasteiger partial charge in [-0.1, -0.05) is 19.2 Å². The Morgan fingerprint density at radius 2 is 1.17 bits per heavy atom. The molecule has 0 heterocycles. The van der Waals surface area contributed by atoms with Crippen LogP contribution in [0.5, 0.6) is 0 Å². The van der Waals surface area contributed by atoms with Crippen LogP contribution in [0.4, 0.5) is 0 Å². The van der Waals surface area contributed by atoms with Crippen LogP contribution in [0.1, 0.15) is 0 Å². The van der Waals surface area contributed by atoms with Crippen molar-refractivity contribution >= 4 is 39.7 Å². The van der Waals surface area contributed by atoms with E-state index in [-0.39, 0.29) is 11.8 Å². The molecular weight excluding hydrogens is 373 g/mol. The molecule has 0 fully saturated rings. The molecule has 0 aromatic rings. The first-order valence-electron chi connectivity index (χ1n) is 8.09. The van der Waals surface area contributed by atoms with Gasteiger partial charge in [0.2, 0.25) is 0 Å². The normalized spacial score (nSPS) is 13.5. The largest absolute Gasteiger partial charge is 0.512 e. The van der Waals surface area contributed by atoms with E-state index in [9.17, 15) is 4.79 Å². The molecule has 0 amide bonds. The Hall–Kier alpha value is -0.302. The minimum absolute atomic E-state index is 0.120. The third kappa shape index (κ3) is 9.25. The van der Waals surface area contributed by atoms with Gasteiger partial charge in [0.1, 0.15) is 6.61 Å². The fourth-order valence-electron chi connectivity index (χ4n) is 1.80. The summed E-state index contributed by atoms with van der Waals surface area (Å²) >= 11 is 0. The Balaban J connectivity index is 6.00. The predicted octanol–water partition coefficient (Wildman–Crippen LogP) is 4.30. The van der Waals surface area contributed by atoms with Crippen LogP contribution in [-0.4, -0.2) is 46.3 Å². The molecule has 5 nitrogen and oxygen atoms in total. The molecule has 0 aliphatic heterocycles. The van der Waals surface area contributed by atoms with Gasteiger partial charge in [0.15, 0.2) is 25.0 Å². The van der Waals surface area contributed by atoms with E-state index < -0.39 is 39.7 Å². The van der Waals surface area contributed by atoms with Crippen molar-refractivity contribution in [3.63, 3.8) is 0 Å². The molecule has 0 aliphatic rings. The van der Waals surface area contributed by atoms with Gasteiger partial charge in [0, 0.05) is 0 Å². The molecule has 0 spiro atoms. The lowest BCUT2D eigenvalue weighted by atomic mass is 10.6. The zero-order chi connectivity index (χ0) is 19.4. The topological polar surface area (TPSA) is 54.0 Å². The van der Waals surface area contributed by atoms with Gasteiger partial charge in [-0.15, -0.1) is 0 Å². The minimum Gasteiger partial charge on any atom is -0.458 e. The maximum atomic E-state index is 12.5. The Morgan fingerprint density at radius 3 is 1.42 bits per heavy atom. The van der Waals surface area contributed by atoms with Crippen LogP contribution in [0.3, 0.4) is 0 Å². The third-order valence-corrected chi connectivity index (χ3v) is 13.8. The zero-order valence-electron chi connectivity index (χ0n) is 16.7. The van der Waals surface area contributed by atoms with Crippen LogP contribution in [0.25, 0.3) is 0 Å². The molecular formula is C15H34O5Si4. The number of hydrogen-bond acceptors (Lipinski definition) is 5. The molecule has 0 unspecified atom stereocenters. The van der Waals surface area contributed by atoms with Gasteiger partial charge in [-0.2, -0.15) is 0 Å². The van der Waals surface area contributed by atoms with E-state index in [1.807, 2.05) is 0 Å². The molecule has 0 radical (unpaired) electrons. The van der Waals surface area contributed by atoms with Crippen molar-refractivity contribution in [2.24, 2.45) is 0 Å². The highest BCUT2D eigenvalue weighted by atomic mass is 28.5. The van der Waals surface area contributed by atoms with Gasteiger partial charge in [-0.3, -0.25) is 0 Å². The summed E-state index contributed by atoms with van der Waals surface area (Å²) in [4.78, 5) is 12.5. The summed E-state index contributed by atoms with van der Waals surface area (Å²) in [5, 5.41) is 0.191. The third-order valence-electron chi connectivity index (χ3n) is 2.27. The van der Waals surface area contributed by atoms with E-state index in [1.54, 1.807) is 0 Å². The van der Waals surface area contributed by atoms with Crippen molar-refractivity contribution in [2.45, 2.75) is 58.9 Å². The average Bonchev–Trinajstić information content (AvgIpc) is 2.28. The van der Waals surface area contributed by atoms with Crippen LogP contribution in [0.2, 0.25) is 58.9 Å².